The number of hydrogen-bond acceptors (Lipinski definition) is 1. The summed E-state index contributed by atoms with van der Waals surface area (Å²) in [5.74, 6) is 0. The Morgan fingerprint density at radius 2 is 1.82 bits per heavy atom. The second kappa shape index (κ2) is 5.37. The van der Waals surface area contributed by atoms with E-state index in [4.69, 9.17) is 0 Å². The zero-order valence-corrected chi connectivity index (χ0v) is 11.7. The molecule has 0 atom stereocenters. The summed E-state index contributed by atoms with van der Waals surface area (Å²) in [4.78, 5) is 0. The summed E-state index contributed by atoms with van der Waals surface area (Å²) in [5, 5.41) is 3.47. The Morgan fingerprint density at radius 3 is 2.59 bits per heavy atom. The minimum absolute atomic E-state index is 0.860. The molecule has 1 nitrogen and oxygen atoms in total. The molecule has 2 aromatic carbocycles. The number of hydrogen-bond donors (Lipinski definition) is 1. The van der Waals surface area contributed by atoms with Gasteiger partial charge in [-0.3, -0.25) is 0 Å². The van der Waals surface area contributed by atoms with Crippen molar-refractivity contribution in [1.29, 1.82) is 0 Å². The molecule has 0 aliphatic rings. The molecular formula is C15H16BrN. The van der Waals surface area contributed by atoms with Crippen LogP contribution in [-0.4, -0.2) is 0 Å². The normalized spacial score (nSPS) is 10.3. The third kappa shape index (κ3) is 3.10. The molecule has 0 radical (unpaired) electrons. The van der Waals surface area contributed by atoms with Crippen LogP contribution in [0.2, 0.25) is 0 Å². The molecule has 2 heteroatoms. The van der Waals surface area contributed by atoms with Crippen LogP contribution in [0.15, 0.2) is 46.9 Å². The summed E-state index contributed by atoms with van der Waals surface area (Å²) in [6, 6.07) is 14.8. The van der Waals surface area contributed by atoms with Gasteiger partial charge >= 0.3 is 0 Å². The van der Waals surface area contributed by atoms with E-state index in [2.05, 4.69) is 77.6 Å². The highest BCUT2D eigenvalue weighted by Gasteiger charge is 2.01. The van der Waals surface area contributed by atoms with E-state index in [0.29, 0.717) is 0 Å². The van der Waals surface area contributed by atoms with E-state index in [1.54, 1.807) is 0 Å². The smallest absolute Gasteiger partial charge is 0.0400 e. The highest BCUT2D eigenvalue weighted by atomic mass is 79.9. The van der Waals surface area contributed by atoms with Crippen molar-refractivity contribution in [3.63, 3.8) is 0 Å². The summed E-state index contributed by atoms with van der Waals surface area (Å²) >= 11 is 3.54. The Balaban J connectivity index is 2.10. The standard InChI is InChI=1S/C15H16BrN/c1-11-5-3-6-13(9-11)10-17-15-8-4-7-14(16)12(15)2/h3-9,17H,10H2,1-2H3. The first-order chi connectivity index (χ1) is 8.16. The maximum absolute atomic E-state index is 3.54. The largest absolute Gasteiger partial charge is 0.381 e. The van der Waals surface area contributed by atoms with Crippen molar-refractivity contribution in [2.45, 2.75) is 20.4 Å². The van der Waals surface area contributed by atoms with Crippen LogP contribution in [0.25, 0.3) is 0 Å². The van der Waals surface area contributed by atoms with Gasteiger partial charge in [-0.25, -0.2) is 0 Å². The molecule has 2 aromatic rings. The Morgan fingerprint density at radius 1 is 1.06 bits per heavy atom. The molecule has 0 aliphatic heterocycles. The number of nitrogens with one attached hydrogen (secondary N) is 1. The van der Waals surface area contributed by atoms with Gasteiger partial charge in [-0.2, -0.15) is 0 Å². The Hall–Kier alpha value is -1.28. The lowest BCUT2D eigenvalue weighted by Gasteiger charge is -2.11. The van der Waals surface area contributed by atoms with Crippen LogP contribution >= 0.6 is 15.9 Å². The van der Waals surface area contributed by atoms with Crippen LogP contribution in [0.3, 0.4) is 0 Å². The monoisotopic (exact) mass is 289 g/mol. The fourth-order valence-corrected chi connectivity index (χ4v) is 2.18. The quantitative estimate of drug-likeness (QED) is 0.865. The second-order valence-corrected chi connectivity index (χ2v) is 5.11. The van der Waals surface area contributed by atoms with Gasteiger partial charge in [0.25, 0.3) is 0 Å². The first kappa shape index (κ1) is 12.2. The Labute approximate surface area is 111 Å². The average Bonchev–Trinajstić information content (AvgIpc) is 2.31. The predicted octanol–water partition coefficient (Wildman–Crippen LogP) is 4.68. The third-order valence-corrected chi connectivity index (χ3v) is 3.69. The van der Waals surface area contributed by atoms with E-state index in [1.165, 1.54) is 22.4 Å². The van der Waals surface area contributed by atoms with Crippen LogP contribution in [0, 0.1) is 13.8 Å². The topological polar surface area (TPSA) is 12.0 Å². The van der Waals surface area contributed by atoms with Gasteiger partial charge in [0.2, 0.25) is 0 Å². The summed E-state index contributed by atoms with van der Waals surface area (Å²) < 4.78 is 1.15. The molecule has 0 spiro atoms. The van der Waals surface area contributed by atoms with Crippen molar-refractivity contribution in [2.24, 2.45) is 0 Å². The zero-order chi connectivity index (χ0) is 12.3. The Kier molecular flexibility index (Phi) is 3.85. The lowest BCUT2D eigenvalue weighted by Crippen LogP contribution is -2.01. The van der Waals surface area contributed by atoms with Crippen LogP contribution in [0.5, 0.6) is 0 Å². The molecule has 2 rings (SSSR count). The maximum Gasteiger partial charge on any atom is 0.0400 e. The van der Waals surface area contributed by atoms with Gasteiger partial charge < -0.3 is 5.32 Å². The van der Waals surface area contributed by atoms with Crippen molar-refractivity contribution in [1.82, 2.24) is 0 Å². The summed E-state index contributed by atoms with van der Waals surface area (Å²) in [5.41, 5.74) is 5.04. The van der Waals surface area contributed by atoms with E-state index < -0.39 is 0 Å². The SMILES string of the molecule is Cc1cccc(CNc2cccc(Br)c2C)c1. The number of aryl methyl sites for hydroxylation is 1. The van der Waals surface area contributed by atoms with Crippen molar-refractivity contribution >= 4 is 21.6 Å². The zero-order valence-electron chi connectivity index (χ0n) is 10.1. The highest BCUT2D eigenvalue weighted by Crippen LogP contribution is 2.23. The molecule has 0 fully saturated rings. The highest BCUT2D eigenvalue weighted by molar-refractivity contribution is 9.10. The van der Waals surface area contributed by atoms with Crippen LogP contribution in [-0.2, 0) is 6.54 Å². The Bertz CT molecular complexity index is 520. The first-order valence-corrected chi connectivity index (χ1v) is 6.50. The molecule has 17 heavy (non-hydrogen) atoms. The average molecular weight is 290 g/mol. The minimum Gasteiger partial charge on any atom is -0.381 e. The molecule has 0 saturated carbocycles. The molecule has 0 unspecified atom stereocenters. The summed E-state index contributed by atoms with van der Waals surface area (Å²) in [7, 11) is 0. The van der Waals surface area contributed by atoms with Gasteiger partial charge in [-0.15, -0.1) is 0 Å². The molecule has 1 N–H and O–H groups in total. The van der Waals surface area contributed by atoms with Gasteiger partial charge in [0.1, 0.15) is 0 Å². The predicted molar refractivity (Wildman–Crippen MR) is 77.4 cm³/mol. The van der Waals surface area contributed by atoms with Crippen LogP contribution < -0.4 is 5.32 Å². The van der Waals surface area contributed by atoms with E-state index >= 15 is 0 Å². The van der Waals surface area contributed by atoms with E-state index in [0.717, 1.165) is 11.0 Å². The molecule has 0 amide bonds. The molecular weight excluding hydrogens is 274 g/mol. The number of benzene rings is 2. The van der Waals surface area contributed by atoms with Gasteiger partial charge in [-0.1, -0.05) is 51.8 Å². The molecule has 0 saturated heterocycles. The number of rotatable bonds is 3. The minimum atomic E-state index is 0.860. The third-order valence-electron chi connectivity index (χ3n) is 2.83. The number of halogens is 1. The van der Waals surface area contributed by atoms with Crippen molar-refractivity contribution in [3.05, 3.63) is 63.6 Å². The molecule has 0 aromatic heterocycles. The summed E-state index contributed by atoms with van der Waals surface area (Å²) in [6.07, 6.45) is 0. The lowest BCUT2D eigenvalue weighted by atomic mass is 10.1. The second-order valence-electron chi connectivity index (χ2n) is 4.26. The first-order valence-electron chi connectivity index (χ1n) is 5.71. The molecule has 0 aliphatic carbocycles. The molecule has 88 valence electrons. The van der Waals surface area contributed by atoms with E-state index in [-0.39, 0.29) is 0 Å². The van der Waals surface area contributed by atoms with E-state index in [1.807, 2.05) is 0 Å². The lowest BCUT2D eigenvalue weighted by molar-refractivity contribution is 1.13. The fourth-order valence-electron chi connectivity index (χ4n) is 1.82. The van der Waals surface area contributed by atoms with Crippen LogP contribution in [0.1, 0.15) is 16.7 Å². The molecule has 0 bridgehead atoms. The van der Waals surface area contributed by atoms with Gasteiger partial charge in [0.05, 0.1) is 0 Å². The van der Waals surface area contributed by atoms with E-state index in [9.17, 15) is 0 Å². The van der Waals surface area contributed by atoms with Gasteiger partial charge in [0.15, 0.2) is 0 Å². The maximum atomic E-state index is 3.54. The summed E-state index contributed by atoms with van der Waals surface area (Å²) in [6.45, 7) is 5.09. The van der Waals surface area contributed by atoms with Crippen molar-refractivity contribution in [3.8, 4) is 0 Å². The number of anilines is 1. The fraction of sp³-hybridized carbons (Fsp3) is 0.200. The van der Waals surface area contributed by atoms with Crippen LogP contribution in [0.4, 0.5) is 5.69 Å². The van der Waals surface area contributed by atoms with Gasteiger partial charge in [0, 0.05) is 16.7 Å². The van der Waals surface area contributed by atoms with Crippen molar-refractivity contribution in [2.75, 3.05) is 5.32 Å². The van der Waals surface area contributed by atoms with Crippen molar-refractivity contribution < 1.29 is 0 Å². The molecule has 0 heterocycles. The van der Waals surface area contributed by atoms with Gasteiger partial charge in [-0.05, 0) is 37.1 Å².